The Balaban J connectivity index is 0. The van der Waals surface area contributed by atoms with Crippen molar-refractivity contribution in [2.75, 3.05) is 0 Å². The molecule has 1 nitrogen and oxygen atoms in total. The van der Waals surface area contributed by atoms with E-state index >= 15 is 0 Å². The molecule has 0 saturated heterocycles. The van der Waals surface area contributed by atoms with Gasteiger partial charge in [-0.2, -0.15) is 8.78 Å². The van der Waals surface area contributed by atoms with Gasteiger partial charge in [0.2, 0.25) is 0 Å². The largest absolute Gasteiger partial charge is 0.435 e. The Morgan fingerprint density at radius 3 is 2.03 bits per heavy atom. The monoisotopic (exact) mass is 528 g/mol. The molecular weight excluding hydrogens is 481 g/mol. The summed E-state index contributed by atoms with van der Waals surface area (Å²) in [6.45, 7) is 21.9. The van der Waals surface area contributed by atoms with E-state index in [9.17, 15) is 13.2 Å². The van der Waals surface area contributed by atoms with E-state index in [0.29, 0.717) is 17.8 Å². The number of alkyl halides is 2. The van der Waals surface area contributed by atoms with Crippen LogP contribution in [0.5, 0.6) is 5.75 Å². The third-order valence-corrected chi connectivity index (χ3v) is 6.27. The number of hydrogen-bond acceptors (Lipinski definition) is 1. The normalized spacial score (nSPS) is 12.5. The molecule has 0 aliphatic rings. The molecule has 0 bridgehead atoms. The zero-order valence-corrected chi connectivity index (χ0v) is 24.8. The molecule has 0 aliphatic carbocycles. The zero-order chi connectivity index (χ0) is 28.4. The van der Waals surface area contributed by atoms with Gasteiger partial charge in [0, 0.05) is 0 Å². The minimum atomic E-state index is -2.77. The highest BCUT2D eigenvalue weighted by Crippen LogP contribution is 2.32. The summed E-state index contributed by atoms with van der Waals surface area (Å²) in [5.74, 6) is 1.37. The highest BCUT2D eigenvalue weighted by molar-refractivity contribution is 6.30. The number of benzene rings is 2. The van der Waals surface area contributed by atoms with Crippen molar-refractivity contribution in [3.05, 3.63) is 76.1 Å². The lowest BCUT2D eigenvalue weighted by Crippen LogP contribution is -2.21. The van der Waals surface area contributed by atoms with Crippen LogP contribution in [0.1, 0.15) is 84.9 Å². The standard InChI is InChI=1S/C19H28F2O.C8H8ClF.2C2H6/c1-6-8-18(13(2)3)15(5)14(4)11-16-9-7-10-17(12-16)22-19(20)21;1-5-3-7(9)8(10)4-6(5)2;2*1-2/h7,9-10,12,14-15,18-19H,2,6,8,11H2,1,3-5H3;3-4H,1-2H3;2*1-2H3/t14?,15?,18-;;;/m1.../s1. The third kappa shape index (κ3) is 14.0. The van der Waals surface area contributed by atoms with Crippen LogP contribution in [0.4, 0.5) is 13.2 Å². The van der Waals surface area contributed by atoms with Crippen molar-refractivity contribution in [3.63, 3.8) is 0 Å². The van der Waals surface area contributed by atoms with Crippen molar-refractivity contribution < 1.29 is 17.9 Å². The predicted octanol–water partition coefficient (Wildman–Crippen LogP) is 11.2. The first kappa shape index (κ1) is 36.2. The first-order valence-electron chi connectivity index (χ1n) is 13.1. The zero-order valence-electron chi connectivity index (χ0n) is 24.0. The SMILES string of the molecule is C=C(C)[C@@H](CCC)C(C)C(C)Cc1cccc(OC(F)F)c1.CC.CC.Cc1cc(F)c(Cl)cc1C. The summed E-state index contributed by atoms with van der Waals surface area (Å²) in [4.78, 5) is 0. The maximum Gasteiger partial charge on any atom is 0.387 e. The molecule has 0 aliphatic heterocycles. The molecule has 2 rings (SSSR count). The van der Waals surface area contributed by atoms with Crippen LogP contribution < -0.4 is 4.74 Å². The van der Waals surface area contributed by atoms with E-state index in [1.807, 2.05) is 47.6 Å². The minimum absolute atomic E-state index is 0.197. The second-order valence-electron chi connectivity index (χ2n) is 8.66. The Hall–Kier alpha value is -1.94. The van der Waals surface area contributed by atoms with Gasteiger partial charge in [-0.25, -0.2) is 4.39 Å². The van der Waals surface area contributed by atoms with Gasteiger partial charge in [0.25, 0.3) is 0 Å². The molecular formula is C31H48ClF3O. The van der Waals surface area contributed by atoms with Gasteiger partial charge in [0.1, 0.15) is 11.6 Å². The number of rotatable bonds is 9. The third-order valence-electron chi connectivity index (χ3n) is 5.98. The molecule has 2 unspecified atom stereocenters. The van der Waals surface area contributed by atoms with E-state index in [1.54, 1.807) is 24.3 Å². The van der Waals surface area contributed by atoms with Gasteiger partial charge in [0.15, 0.2) is 0 Å². The molecule has 0 radical (unpaired) electrons. The number of allylic oxidation sites excluding steroid dienone is 1. The quantitative estimate of drug-likeness (QED) is 0.294. The van der Waals surface area contributed by atoms with Crippen LogP contribution in [0, 0.1) is 37.4 Å². The Kier molecular flexibility index (Phi) is 20.3. The second-order valence-corrected chi connectivity index (χ2v) is 9.07. The molecule has 0 heterocycles. The summed E-state index contributed by atoms with van der Waals surface area (Å²) in [6.07, 6.45) is 3.15. The van der Waals surface area contributed by atoms with E-state index in [2.05, 4.69) is 39.0 Å². The van der Waals surface area contributed by atoms with Crippen LogP contribution in [0.25, 0.3) is 0 Å². The molecule has 2 aromatic carbocycles. The molecule has 0 spiro atoms. The average Bonchev–Trinajstić information content (AvgIpc) is 2.83. The smallest absolute Gasteiger partial charge is 0.387 e. The van der Waals surface area contributed by atoms with Gasteiger partial charge in [-0.1, -0.05) is 90.8 Å². The van der Waals surface area contributed by atoms with Crippen LogP contribution in [-0.2, 0) is 6.42 Å². The van der Waals surface area contributed by atoms with Crippen molar-refractivity contribution in [1.82, 2.24) is 0 Å². The molecule has 0 amide bonds. The van der Waals surface area contributed by atoms with E-state index < -0.39 is 6.61 Å². The van der Waals surface area contributed by atoms with Crippen LogP contribution in [0.2, 0.25) is 5.02 Å². The highest BCUT2D eigenvalue weighted by atomic mass is 35.5. The number of aryl methyl sites for hydroxylation is 2. The predicted molar refractivity (Wildman–Crippen MR) is 152 cm³/mol. The van der Waals surface area contributed by atoms with E-state index in [0.717, 1.165) is 36.0 Å². The van der Waals surface area contributed by atoms with Gasteiger partial charge in [-0.3, -0.25) is 0 Å². The Morgan fingerprint density at radius 1 is 1.00 bits per heavy atom. The van der Waals surface area contributed by atoms with Crippen LogP contribution in [0.3, 0.4) is 0 Å². The molecule has 3 atom stereocenters. The lowest BCUT2D eigenvalue weighted by atomic mass is 9.76. The van der Waals surface area contributed by atoms with Crippen molar-refractivity contribution in [2.45, 2.75) is 95.1 Å². The average molecular weight is 529 g/mol. The minimum Gasteiger partial charge on any atom is -0.435 e. The summed E-state index contributed by atoms with van der Waals surface area (Å²) in [6, 6.07) is 10.1. The molecule has 0 saturated carbocycles. The van der Waals surface area contributed by atoms with Gasteiger partial charge in [-0.15, -0.1) is 0 Å². The molecule has 206 valence electrons. The van der Waals surface area contributed by atoms with Gasteiger partial charge in [-0.05, 0) is 92.3 Å². The first-order valence-corrected chi connectivity index (χ1v) is 13.4. The Morgan fingerprint density at radius 2 is 1.56 bits per heavy atom. The van der Waals surface area contributed by atoms with Gasteiger partial charge >= 0.3 is 6.61 Å². The molecule has 5 heteroatoms. The molecule has 36 heavy (non-hydrogen) atoms. The fourth-order valence-electron chi connectivity index (χ4n) is 3.82. The van der Waals surface area contributed by atoms with Crippen LogP contribution in [0.15, 0.2) is 48.6 Å². The van der Waals surface area contributed by atoms with Crippen LogP contribution in [-0.4, -0.2) is 6.61 Å². The lowest BCUT2D eigenvalue weighted by Gasteiger charge is -2.29. The van der Waals surface area contributed by atoms with Gasteiger partial charge in [0.05, 0.1) is 5.02 Å². The Bertz CT molecular complexity index is 817. The van der Waals surface area contributed by atoms with Crippen molar-refractivity contribution in [1.29, 1.82) is 0 Å². The number of ether oxygens (including phenoxy) is 1. The van der Waals surface area contributed by atoms with Crippen molar-refractivity contribution in [3.8, 4) is 5.75 Å². The summed E-state index contributed by atoms with van der Waals surface area (Å²) in [5, 5.41) is 0.197. The van der Waals surface area contributed by atoms with E-state index in [1.165, 1.54) is 11.6 Å². The highest BCUT2D eigenvalue weighted by Gasteiger charge is 2.23. The first-order chi connectivity index (χ1) is 17.0. The lowest BCUT2D eigenvalue weighted by molar-refractivity contribution is -0.0498. The number of hydrogen-bond donors (Lipinski definition) is 0. The molecule has 2 aromatic rings. The van der Waals surface area contributed by atoms with Crippen molar-refractivity contribution in [2.24, 2.45) is 17.8 Å². The van der Waals surface area contributed by atoms with Crippen molar-refractivity contribution >= 4 is 11.6 Å². The maximum atomic E-state index is 12.6. The second kappa shape index (κ2) is 20.2. The van der Waals surface area contributed by atoms with Gasteiger partial charge < -0.3 is 4.74 Å². The topological polar surface area (TPSA) is 9.23 Å². The summed E-state index contributed by atoms with van der Waals surface area (Å²) >= 11 is 5.51. The fraction of sp³-hybridized carbons (Fsp3) is 0.548. The van der Waals surface area contributed by atoms with Crippen LogP contribution >= 0.6 is 11.6 Å². The molecule has 0 N–H and O–H groups in total. The molecule has 0 aromatic heterocycles. The van der Waals surface area contributed by atoms with E-state index in [4.69, 9.17) is 11.6 Å². The van der Waals surface area contributed by atoms with E-state index in [-0.39, 0.29) is 16.6 Å². The summed E-state index contributed by atoms with van der Waals surface area (Å²) in [7, 11) is 0. The summed E-state index contributed by atoms with van der Waals surface area (Å²) in [5.41, 5.74) is 4.22. The fourth-order valence-corrected chi connectivity index (χ4v) is 4.04. The molecule has 0 fully saturated rings. The Labute approximate surface area is 224 Å². The maximum absolute atomic E-state index is 12.6. The number of halogens is 4. The summed E-state index contributed by atoms with van der Waals surface area (Å²) < 4.78 is 41.7.